The number of aromatic nitrogens is 1. The molecule has 0 fully saturated rings. The van der Waals surface area contributed by atoms with Crippen LogP contribution in [0.15, 0.2) is 30.6 Å². The molecule has 5 heteroatoms. The Hall–Kier alpha value is -1.49. The van der Waals surface area contributed by atoms with E-state index in [0.717, 1.165) is 18.9 Å². The summed E-state index contributed by atoms with van der Waals surface area (Å²) in [5.41, 5.74) is 3.87. The summed E-state index contributed by atoms with van der Waals surface area (Å²) in [4.78, 5) is 4.30. The van der Waals surface area contributed by atoms with Crippen molar-refractivity contribution in [1.82, 2.24) is 10.4 Å². The molecule has 0 bridgehead atoms. The van der Waals surface area contributed by atoms with Crippen LogP contribution in [0.5, 0.6) is 0 Å². The van der Waals surface area contributed by atoms with E-state index in [9.17, 15) is 8.78 Å². The van der Waals surface area contributed by atoms with Gasteiger partial charge < -0.3 is 0 Å². The van der Waals surface area contributed by atoms with E-state index in [-0.39, 0.29) is 0 Å². The lowest BCUT2D eigenvalue weighted by Crippen LogP contribution is -2.44. The van der Waals surface area contributed by atoms with Crippen LogP contribution in [0.25, 0.3) is 0 Å². The third-order valence-electron chi connectivity index (χ3n) is 2.95. The van der Waals surface area contributed by atoms with Crippen LogP contribution in [-0.4, -0.2) is 16.9 Å². The number of halogens is 2. The maximum Gasteiger partial charge on any atom is 0.265 e. The van der Waals surface area contributed by atoms with E-state index in [1.807, 2.05) is 12.1 Å². The fraction of sp³-hybridized carbons (Fsp3) is 0.500. The van der Waals surface area contributed by atoms with Gasteiger partial charge in [-0.2, -0.15) is 0 Å². The van der Waals surface area contributed by atoms with Gasteiger partial charge in [-0.3, -0.25) is 5.01 Å². The minimum Gasteiger partial charge on any atom is -0.267 e. The second kappa shape index (κ2) is 5.25. The first kappa shape index (κ1) is 13.9. The minimum absolute atomic E-state index is 0.570. The van der Waals surface area contributed by atoms with Crippen LogP contribution in [-0.2, 0) is 6.42 Å². The number of nitrogens with one attached hydrogen (secondary N) is 1. The molecule has 104 valence electrons. The van der Waals surface area contributed by atoms with E-state index in [1.165, 1.54) is 11.1 Å². The Balaban J connectivity index is 2.03. The molecule has 0 saturated carbocycles. The number of hydrazine groups is 1. The Kier molecular flexibility index (Phi) is 3.85. The second-order valence-corrected chi connectivity index (χ2v) is 5.40. The highest BCUT2D eigenvalue weighted by molar-refractivity contribution is 5.44. The topological polar surface area (TPSA) is 28.2 Å². The molecule has 0 saturated heterocycles. The van der Waals surface area contributed by atoms with Gasteiger partial charge in [0.05, 0.1) is 0 Å². The van der Waals surface area contributed by atoms with E-state index in [1.54, 1.807) is 12.4 Å². The molecule has 0 amide bonds. The van der Waals surface area contributed by atoms with E-state index in [0.29, 0.717) is 11.7 Å². The summed E-state index contributed by atoms with van der Waals surface area (Å²) in [5, 5.41) is 1.53. The molecule has 1 aromatic heterocycles. The molecular weight excluding hydrogens is 248 g/mol. The first-order chi connectivity index (χ1) is 8.86. The molecule has 2 heterocycles. The zero-order valence-corrected chi connectivity index (χ0v) is 11.4. The molecule has 1 aromatic rings. The van der Waals surface area contributed by atoms with E-state index in [2.05, 4.69) is 24.3 Å². The molecule has 3 nitrogen and oxygen atoms in total. The highest BCUT2D eigenvalue weighted by atomic mass is 19.3. The van der Waals surface area contributed by atoms with E-state index < -0.39 is 12.0 Å². The van der Waals surface area contributed by atoms with E-state index in [4.69, 9.17) is 0 Å². The molecule has 1 N–H and O–H groups in total. The first-order valence-electron chi connectivity index (χ1n) is 6.43. The van der Waals surface area contributed by atoms with Crippen molar-refractivity contribution in [2.24, 2.45) is 5.92 Å². The zero-order chi connectivity index (χ0) is 14.0. The lowest BCUT2D eigenvalue weighted by molar-refractivity contribution is 0.000110. The van der Waals surface area contributed by atoms with Crippen LogP contribution in [0, 0.1) is 5.92 Å². The lowest BCUT2D eigenvalue weighted by Gasteiger charge is -2.22. The molecule has 1 aliphatic rings. The summed E-state index contributed by atoms with van der Waals surface area (Å²) in [7, 11) is 0. The lowest BCUT2D eigenvalue weighted by atomic mass is 10.1. The van der Waals surface area contributed by atoms with Gasteiger partial charge in [0.2, 0.25) is 0 Å². The Morgan fingerprint density at radius 3 is 2.63 bits per heavy atom. The highest BCUT2D eigenvalue weighted by Gasteiger charge is 2.36. The summed E-state index contributed by atoms with van der Waals surface area (Å²) < 4.78 is 26.3. The molecule has 1 aliphatic heterocycles. The fourth-order valence-electron chi connectivity index (χ4n) is 1.98. The van der Waals surface area contributed by atoms with E-state index >= 15 is 0 Å². The largest absolute Gasteiger partial charge is 0.267 e. The zero-order valence-electron chi connectivity index (χ0n) is 11.4. The van der Waals surface area contributed by atoms with Crippen molar-refractivity contribution >= 4 is 5.82 Å². The van der Waals surface area contributed by atoms with Crippen molar-refractivity contribution in [3.8, 4) is 0 Å². The van der Waals surface area contributed by atoms with Gasteiger partial charge in [0.15, 0.2) is 0 Å². The summed E-state index contributed by atoms with van der Waals surface area (Å²) in [5.74, 6) is -1.60. The van der Waals surface area contributed by atoms with Crippen LogP contribution in [0.3, 0.4) is 0 Å². The van der Waals surface area contributed by atoms with Crippen LogP contribution in [0.1, 0.15) is 26.3 Å². The molecule has 1 unspecified atom stereocenters. The molecule has 0 aromatic carbocycles. The van der Waals surface area contributed by atoms with Gasteiger partial charge in [-0.25, -0.2) is 19.2 Å². The summed E-state index contributed by atoms with van der Waals surface area (Å²) in [6.07, 6.45) is 5.80. The Bertz CT molecular complexity index is 449. The predicted octanol–water partition coefficient (Wildman–Crippen LogP) is 3.14. The Morgan fingerprint density at radius 1 is 1.42 bits per heavy atom. The summed E-state index contributed by atoms with van der Waals surface area (Å²) >= 11 is 0. The van der Waals surface area contributed by atoms with Gasteiger partial charge in [-0.1, -0.05) is 19.9 Å². The number of rotatable bonds is 4. The summed E-state index contributed by atoms with van der Waals surface area (Å²) in [6, 6.07) is 2.84. The molecule has 0 aliphatic carbocycles. The van der Waals surface area contributed by atoms with Crippen molar-refractivity contribution in [2.45, 2.75) is 39.2 Å². The number of pyridine rings is 1. The standard InChI is InChI=1S/C14H19F2N3/c1-10(2)8-11-4-5-13(17-9-11)19-7-6-12(18-19)14(3,15)16/h4-7,9-10,12,18H,8H2,1-3H3. The van der Waals surface area contributed by atoms with Crippen LogP contribution in [0.2, 0.25) is 0 Å². The Morgan fingerprint density at radius 2 is 2.16 bits per heavy atom. The minimum atomic E-state index is -2.79. The van der Waals surface area contributed by atoms with Crippen molar-refractivity contribution in [3.63, 3.8) is 0 Å². The number of anilines is 1. The maximum absolute atomic E-state index is 13.2. The molecule has 1 atom stereocenters. The van der Waals surface area contributed by atoms with Crippen molar-refractivity contribution in [3.05, 3.63) is 36.2 Å². The quantitative estimate of drug-likeness (QED) is 0.908. The predicted molar refractivity (Wildman–Crippen MR) is 71.9 cm³/mol. The van der Waals surface area contributed by atoms with Gasteiger partial charge in [0.1, 0.15) is 11.9 Å². The maximum atomic E-state index is 13.2. The third-order valence-corrected chi connectivity index (χ3v) is 2.95. The number of hydrogen-bond acceptors (Lipinski definition) is 3. The molecular formula is C14H19F2N3. The van der Waals surface area contributed by atoms with Gasteiger partial charge in [-0.15, -0.1) is 0 Å². The molecule has 2 rings (SSSR count). The number of hydrogen-bond donors (Lipinski definition) is 1. The number of nitrogens with zero attached hydrogens (tertiary/aromatic N) is 2. The smallest absolute Gasteiger partial charge is 0.265 e. The third kappa shape index (κ3) is 3.50. The molecule has 0 spiro atoms. The van der Waals surface area contributed by atoms with Crippen LogP contribution >= 0.6 is 0 Å². The van der Waals surface area contributed by atoms with Crippen LogP contribution < -0.4 is 10.4 Å². The van der Waals surface area contributed by atoms with Crippen molar-refractivity contribution in [1.29, 1.82) is 0 Å². The van der Waals surface area contributed by atoms with Gasteiger partial charge in [-0.05, 0) is 30.0 Å². The first-order valence-corrected chi connectivity index (χ1v) is 6.43. The monoisotopic (exact) mass is 267 g/mol. The Labute approximate surface area is 112 Å². The summed E-state index contributed by atoms with van der Waals surface area (Å²) in [6.45, 7) is 5.19. The average molecular weight is 267 g/mol. The van der Waals surface area contributed by atoms with Crippen LogP contribution in [0.4, 0.5) is 14.6 Å². The highest BCUT2D eigenvalue weighted by Crippen LogP contribution is 2.24. The van der Waals surface area contributed by atoms with Gasteiger partial charge >= 0.3 is 0 Å². The fourth-order valence-corrected chi connectivity index (χ4v) is 1.98. The molecule has 0 radical (unpaired) electrons. The van der Waals surface area contributed by atoms with Crippen molar-refractivity contribution in [2.75, 3.05) is 5.01 Å². The normalized spacial score (nSPS) is 19.5. The second-order valence-electron chi connectivity index (χ2n) is 5.40. The SMILES string of the molecule is CC(C)Cc1ccc(N2C=CC(C(C)(F)F)N2)nc1. The molecule has 19 heavy (non-hydrogen) atoms. The van der Waals surface area contributed by atoms with Gasteiger partial charge in [0.25, 0.3) is 5.92 Å². The van der Waals surface area contributed by atoms with Gasteiger partial charge in [0, 0.05) is 19.3 Å². The number of alkyl halides is 2. The van der Waals surface area contributed by atoms with Crippen molar-refractivity contribution < 1.29 is 8.78 Å². The average Bonchev–Trinajstić information content (AvgIpc) is 2.78.